The van der Waals surface area contributed by atoms with Crippen molar-refractivity contribution in [2.45, 2.75) is 72.2 Å². The first-order valence-corrected chi connectivity index (χ1v) is 11.7. The monoisotopic (exact) mass is 476 g/mol. The number of morpholine rings is 1. The van der Waals surface area contributed by atoms with Crippen molar-refractivity contribution in [2.24, 2.45) is 0 Å². The van der Waals surface area contributed by atoms with Crippen LogP contribution in [0.2, 0.25) is 0 Å². The van der Waals surface area contributed by atoms with Gasteiger partial charge in [0.05, 0.1) is 6.61 Å². The lowest BCUT2D eigenvalue weighted by Crippen LogP contribution is -2.56. The Morgan fingerprint density at radius 2 is 1.71 bits per heavy atom. The summed E-state index contributed by atoms with van der Waals surface area (Å²) in [5, 5.41) is 0. The summed E-state index contributed by atoms with van der Waals surface area (Å²) in [5.41, 5.74) is 0.256. The second-order valence-corrected chi connectivity index (χ2v) is 9.18. The van der Waals surface area contributed by atoms with Crippen LogP contribution >= 0.6 is 0 Å². The minimum atomic E-state index is -1.52. The number of benzene rings is 1. The van der Waals surface area contributed by atoms with E-state index in [9.17, 15) is 19.2 Å². The molecule has 188 valence electrons. The molecule has 1 fully saturated rings. The number of anilines is 1. The van der Waals surface area contributed by atoms with E-state index in [4.69, 9.17) is 14.2 Å². The van der Waals surface area contributed by atoms with E-state index < -0.39 is 35.7 Å². The number of carbonyl (C=O) groups excluding carboxylic acids is 4. The van der Waals surface area contributed by atoms with Crippen molar-refractivity contribution < 1.29 is 33.4 Å². The first-order chi connectivity index (χ1) is 16.0. The number of amides is 2. The molecule has 9 heteroatoms. The zero-order chi connectivity index (χ0) is 25.5. The molecule has 1 aromatic carbocycles. The molecule has 1 aliphatic heterocycles. The Kier molecular flexibility index (Phi) is 9.61. The van der Waals surface area contributed by atoms with E-state index in [2.05, 4.69) is 0 Å². The predicted octanol–water partition coefficient (Wildman–Crippen LogP) is 2.95. The Bertz CT molecular complexity index is 870. The van der Waals surface area contributed by atoms with E-state index >= 15 is 0 Å². The smallest absolute Gasteiger partial charge is 0.351 e. The largest absolute Gasteiger partial charge is 0.457 e. The van der Waals surface area contributed by atoms with Crippen molar-refractivity contribution >= 4 is 29.4 Å². The molecule has 2 rings (SSSR count). The molecule has 0 saturated carbocycles. The molecule has 1 heterocycles. The fourth-order valence-electron chi connectivity index (χ4n) is 3.67. The van der Waals surface area contributed by atoms with Crippen LogP contribution in [0.25, 0.3) is 0 Å². The van der Waals surface area contributed by atoms with Crippen molar-refractivity contribution in [1.29, 1.82) is 0 Å². The molecular formula is C25H36N2O7. The van der Waals surface area contributed by atoms with Crippen LogP contribution in [0.3, 0.4) is 0 Å². The van der Waals surface area contributed by atoms with Gasteiger partial charge in [0, 0.05) is 37.8 Å². The molecule has 0 bridgehead atoms. The molecule has 34 heavy (non-hydrogen) atoms. The topological polar surface area (TPSA) is 102 Å². The van der Waals surface area contributed by atoms with Gasteiger partial charge in [0.1, 0.15) is 5.60 Å². The van der Waals surface area contributed by atoms with Crippen LogP contribution in [-0.2, 0) is 28.6 Å². The third-order valence-corrected chi connectivity index (χ3v) is 5.03. The standard InChI is InChI=1S/C25H36N2O7/c1-7-13-26(14-8-2)22(29)18-9-11-19(12-10-18)27-15-16-32-20(23(27)30)21(33-17(3)28)24(31)34-25(4,5)6/h9-12,20-21H,7-8,13-16H2,1-6H3/t20-,21-/m1/s1. The molecule has 1 aliphatic rings. The molecule has 0 aliphatic carbocycles. The predicted molar refractivity (Wildman–Crippen MR) is 126 cm³/mol. The summed E-state index contributed by atoms with van der Waals surface area (Å²) >= 11 is 0. The van der Waals surface area contributed by atoms with E-state index in [1.54, 1.807) is 45.0 Å². The zero-order valence-corrected chi connectivity index (χ0v) is 21.0. The van der Waals surface area contributed by atoms with Crippen LogP contribution in [0.5, 0.6) is 0 Å². The van der Waals surface area contributed by atoms with E-state index in [1.165, 1.54) is 4.90 Å². The van der Waals surface area contributed by atoms with Gasteiger partial charge in [-0.05, 0) is 57.9 Å². The Morgan fingerprint density at radius 1 is 1.12 bits per heavy atom. The van der Waals surface area contributed by atoms with Crippen LogP contribution in [0.1, 0.15) is 64.7 Å². The number of nitrogens with zero attached hydrogens (tertiary/aromatic N) is 2. The van der Waals surface area contributed by atoms with E-state index in [-0.39, 0.29) is 19.1 Å². The van der Waals surface area contributed by atoms with Gasteiger partial charge >= 0.3 is 11.9 Å². The van der Waals surface area contributed by atoms with Crippen molar-refractivity contribution in [1.82, 2.24) is 4.90 Å². The van der Waals surface area contributed by atoms with Crippen LogP contribution in [-0.4, -0.2) is 72.7 Å². The fourth-order valence-corrected chi connectivity index (χ4v) is 3.67. The first kappa shape index (κ1) is 27.3. The van der Waals surface area contributed by atoms with Gasteiger partial charge in [-0.25, -0.2) is 4.79 Å². The highest BCUT2D eigenvalue weighted by Gasteiger charge is 2.44. The maximum Gasteiger partial charge on any atom is 0.351 e. The highest BCUT2D eigenvalue weighted by molar-refractivity contribution is 6.01. The van der Waals surface area contributed by atoms with Gasteiger partial charge in [0.25, 0.3) is 11.8 Å². The van der Waals surface area contributed by atoms with Gasteiger partial charge in [-0.15, -0.1) is 0 Å². The van der Waals surface area contributed by atoms with Gasteiger partial charge < -0.3 is 24.0 Å². The number of ether oxygens (including phenoxy) is 3. The minimum Gasteiger partial charge on any atom is -0.457 e. The summed E-state index contributed by atoms with van der Waals surface area (Å²) in [7, 11) is 0. The third-order valence-electron chi connectivity index (χ3n) is 5.03. The molecule has 0 aromatic heterocycles. The molecule has 9 nitrogen and oxygen atoms in total. The lowest BCUT2D eigenvalue weighted by atomic mass is 10.1. The van der Waals surface area contributed by atoms with Gasteiger partial charge in [-0.1, -0.05) is 13.8 Å². The Morgan fingerprint density at radius 3 is 2.21 bits per heavy atom. The van der Waals surface area contributed by atoms with Crippen LogP contribution < -0.4 is 4.90 Å². The van der Waals surface area contributed by atoms with E-state index in [0.717, 1.165) is 19.8 Å². The van der Waals surface area contributed by atoms with Gasteiger partial charge in [-0.2, -0.15) is 0 Å². The summed E-state index contributed by atoms with van der Waals surface area (Å²) < 4.78 is 16.0. The second kappa shape index (κ2) is 12.0. The Balaban J connectivity index is 2.23. The lowest BCUT2D eigenvalue weighted by molar-refractivity contribution is -0.188. The quantitative estimate of drug-likeness (QED) is 0.505. The zero-order valence-electron chi connectivity index (χ0n) is 21.0. The molecule has 0 spiro atoms. The molecule has 1 saturated heterocycles. The van der Waals surface area contributed by atoms with E-state index in [0.29, 0.717) is 24.3 Å². The molecule has 2 amide bonds. The van der Waals surface area contributed by atoms with Crippen LogP contribution in [0, 0.1) is 0 Å². The van der Waals surface area contributed by atoms with Crippen LogP contribution in [0.15, 0.2) is 24.3 Å². The van der Waals surface area contributed by atoms with Gasteiger partial charge in [0.2, 0.25) is 6.10 Å². The summed E-state index contributed by atoms with van der Waals surface area (Å²) in [6.07, 6.45) is -1.12. The highest BCUT2D eigenvalue weighted by atomic mass is 16.6. The number of rotatable bonds is 9. The average molecular weight is 477 g/mol. The van der Waals surface area contributed by atoms with Crippen molar-refractivity contribution in [3.8, 4) is 0 Å². The molecular weight excluding hydrogens is 440 g/mol. The Hall–Kier alpha value is -2.94. The summed E-state index contributed by atoms with van der Waals surface area (Å²) in [5.74, 6) is -2.16. The summed E-state index contributed by atoms with van der Waals surface area (Å²) in [6, 6.07) is 6.76. The van der Waals surface area contributed by atoms with Gasteiger partial charge in [-0.3, -0.25) is 14.4 Å². The van der Waals surface area contributed by atoms with E-state index in [1.807, 2.05) is 18.7 Å². The number of hydrogen-bond donors (Lipinski definition) is 0. The van der Waals surface area contributed by atoms with Crippen molar-refractivity contribution in [3.63, 3.8) is 0 Å². The third kappa shape index (κ3) is 7.28. The van der Waals surface area contributed by atoms with Crippen molar-refractivity contribution in [3.05, 3.63) is 29.8 Å². The second-order valence-electron chi connectivity index (χ2n) is 9.18. The molecule has 0 unspecified atom stereocenters. The average Bonchev–Trinajstić information content (AvgIpc) is 2.76. The molecule has 0 radical (unpaired) electrons. The first-order valence-electron chi connectivity index (χ1n) is 11.7. The molecule has 0 N–H and O–H groups in total. The number of carbonyl (C=O) groups is 4. The maximum absolute atomic E-state index is 13.2. The summed E-state index contributed by atoms with van der Waals surface area (Å²) in [6.45, 7) is 12.0. The molecule has 1 aromatic rings. The Labute approximate surface area is 201 Å². The molecule has 2 atom stereocenters. The number of hydrogen-bond acceptors (Lipinski definition) is 7. The van der Waals surface area contributed by atoms with Crippen molar-refractivity contribution in [2.75, 3.05) is 31.1 Å². The maximum atomic E-state index is 13.2. The highest BCUT2D eigenvalue weighted by Crippen LogP contribution is 2.24. The fraction of sp³-hybridized carbons (Fsp3) is 0.600. The number of esters is 2. The minimum absolute atomic E-state index is 0.0544. The van der Waals surface area contributed by atoms with Gasteiger partial charge in [0.15, 0.2) is 6.10 Å². The normalized spacial score (nSPS) is 17.2. The summed E-state index contributed by atoms with van der Waals surface area (Å²) in [4.78, 5) is 53.7. The SMILES string of the molecule is CCCN(CCC)C(=O)c1ccc(N2CCO[C@H]([C@@H](OC(C)=O)C(=O)OC(C)(C)C)C2=O)cc1. The van der Waals surface area contributed by atoms with Crippen LogP contribution in [0.4, 0.5) is 5.69 Å². The lowest BCUT2D eigenvalue weighted by Gasteiger charge is -2.35.